The topological polar surface area (TPSA) is 62.7 Å². The van der Waals surface area contributed by atoms with Crippen LogP contribution in [0.2, 0.25) is 0 Å². The Balaban J connectivity index is 1.26. The van der Waals surface area contributed by atoms with Crippen LogP contribution >= 0.6 is 0 Å². The van der Waals surface area contributed by atoms with Crippen molar-refractivity contribution in [2.75, 3.05) is 21.1 Å². The summed E-state index contributed by atoms with van der Waals surface area (Å²) in [5.74, 6) is 0. The van der Waals surface area contributed by atoms with E-state index in [2.05, 4.69) is 151 Å². The van der Waals surface area contributed by atoms with Gasteiger partial charge in [-0.05, 0) is 121 Å². The van der Waals surface area contributed by atoms with Crippen LogP contribution in [0, 0.1) is 0 Å². The first kappa shape index (κ1) is 32.8. The van der Waals surface area contributed by atoms with Crippen molar-refractivity contribution in [2.24, 2.45) is 22.0 Å². The van der Waals surface area contributed by atoms with Gasteiger partial charge in [-0.15, -0.1) is 0 Å². The standard InChI is InChI=1S/C44H49N8/c1-49-21-13-29(14-22-49)41-33-5-7-35(45-33)42(30-15-23-50(2)24-16-30)37-9-11-39(47-37)44(32-19-27-52(4)28-20-32)40-12-10-38(48-40)43(36-8-6-34(41)46-36)31-17-25-51(3)26-18-31/h13-28,33,35-36,40,45H,5-12H2,1-4H3/q+1. The van der Waals surface area contributed by atoms with E-state index in [0.717, 1.165) is 51.4 Å². The van der Waals surface area contributed by atoms with Crippen molar-refractivity contribution in [3.63, 3.8) is 0 Å². The lowest BCUT2D eigenvalue weighted by atomic mass is 9.90. The van der Waals surface area contributed by atoms with Crippen LogP contribution in [0.25, 0.3) is 5.57 Å². The van der Waals surface area contributed by atoms with E-state index in [9.17, 15) is 0 Å². The Morgan fingerprint density at radius 3 is 1.56 bits per heavy atom. The van der Waals surface area contributed by atoms with Gasteiger partial charge in [0.2, 0.25) is 0 Å². The van der Waals surface area contributed by atoms with Gasteiger partial charge in [0.05, 0.1) is 12.1 Å². The van der Waals surface area contributed by atoms with Gasteiger partial charge in [-0.3, -0.25) is 15.0 Å². The normalized spacial score (nSPS) is 28.3. The van der Waals surface area contributed by atoms with E-state index in [-0.39, 0.29) is 24.2 Å². The van der Waals surface area contributed by atoms with Gasteiger partial charge < -0.3 is 20.0 Å². The van der Waals surface area contributed by atoms with Gasteiger partial charge >= 0.3 is 0 Å². The molecule has 0 aromatic carbocycles. The third-order valence-electron chi connectivity index (χ3n) is 11.7. The van der Waals surface area contributed by atoms with Gasteiger partial charge in [0.25, 0.3) is 0 Å². The Bertz CT molecular complexity index is 2040. The molecule has 1 saturated heterocycles. The third-order valence-corrected chi connectivity index (χ3v) is 11.7. The maximum absolute atomic E-state index is 5.69. The zero-order valence-electron chi connectivity index (χ0n) is 30.8. The van der Waals surface area contributed by atoms with E-state index in [1.54, 1.807) is 0 Å². The molecule has 4 atom stereocenters. The molecule has 1 N–H and O–H groups in total. The quantitative estimate of drug-likeness (QED) is 0.338. The second-order valence-corrected chi connectivity index (χ2v) is 15.3. The molecule has 8 nitrogen and oxygen atoms in total. The maximum Gasteiger partial charge on any atom is 0.169 e. The summed E-state index contributed by atoms with van der Waals surface area (Å²) >= 11 is 0. The Morgan fingerprint density at radius 2 is 1.02 bits per heavy atom. The number of nitrogens with zero attached hydrogens (tertiary/aromatic N) is 7. The van der Waals surface area contributed by atoms with Crippen LogP contribution in [0.3, 0.4) is 0 Å². The lowest BCUT2D eigenvalue weighted by Crippen LogP contribution is -2.36. The van der Waals surface area contributed by atoms with Crippen LogP contribution in [0.15, 0.2) is 152 Å². The average Bonchev–Trinajstić information content (AvgIpc) is 3.99. The highest BCUT2D eigenvalue weighted by Crippen LogP contribution is 2.42. The molecule has 1 aromatic rings. The minimum absolute atomic E-state index is 0.0498. The summed E-state index contributed by atoms with van der Waals surface area (Å²) in [6.07, 6.45) is 38.7. The lowest BCUT2D eigenvalue weighted by molar-refractivity contribution is -0.671. The summed E-state index contributed by atoms with van der Waals surface area (Å²) < 4.78 is 2.11. The molecule has 8 aliphatic rings. The molecule has 52 heavy (non-hydrogen) atoms. The van der Waals surface area contributed by atoms with Crippen LogP contribution < -0.4 is 9.88 Å². The van der Waals surface area contributed by atoms with E-state index in [1.165, 1.54) is 67.4 Å². The van der Waals surface area contributed by atoms with Gasteiger partial charge in [-0.25, -0.2) is 4.57 Å². The largest absolute Gasteiger partial charge is 0.357 e. The van der Waals surface area contributed by atoms with E-state index in [4.69, 9.17) is 15.0 Å². The van der Waals surface area contributed by atoms with Crippen LogP contribution in [0.5, 0.6) is 0 Å². The van der Waals surface area contributed by atoms with Crippen molar-refractivity contribution in [1.82, 2.24) is 20.0 Å². The van der Waals surface area contributed by atoms with Gasteiger partial charge in [0.1, 0.15) is 7.05 Å². The molecule has 264 valence electrons. The number of rotatable bonds is 1. The highest BCUT2D eigenvalue weighted by Gasteiger charge is 2.39. The summed E-state index contributed by atoms with van der Waals surface area (Å²) in [7, 11) is 8.34. The summed E-state index contributed by atoms with van der Waals surface area (Å²) in [4.78, 5) is 23.3. The third kappa shape index (κ3) is 6.13. The molecule has 0 radical (unpaired) electrons. The van der Waals surface area contributed by atoms with Crippen molar-refractivity contribution in [2.45, 2.75) is 75.5 Å². The molecule has 8 heteroatoms. The molecule has 0 amide bonds. The van der Waals surface area contributed by atoms with Crippen LogP contribution in [0.1, 0.15) is 56.9 Å². The van der Waals surface area contributed by atoms with Gasteiger partial charge in [0, 0.05) is 117 Å². The van der Waals surface area contributed by atoms with E-state index >= 15 is 0 Å². The number of nitrogens with one attached hydrogen (secondary N) is 1. The van der Waals surface area contributed by atoms with Crippen molar-refractivity contribution in [1.29, 1.82) is 0 Å². The van der Waals surface area contributed by atoms with Crippen LogP contribution in [-0.2, 0) is 7.05 Å². The minimum atomic E-state index is 0.0498. The molecule has 8 bridgehead atoms. The van der Waals surface area contributed by atoms with Crippen LogP contribution in [-0.4, -0.2) is 77.1 Å². The summed E-state index contributed by atoms with van der Waals surface area (Å²) in [5.41, 5.74) is 15.1. The molecule has 9 heterocycles. The number of aromatic nitrogens is 1. The molecule has 0 aliphatic carbocycles. The Labute approximate surface area is 308 Å². The molecular weight excluding hydrogens is 641 g/mol. The van der Waals surface area contributed by atoms with Crippen molar-refractivity contribution >= 4 is 22.7 Å². The Hall–Kier alpha value is -5.08. The molecular formula is C44H49N8+. The highest BCUT2D eigenvalue weighted by atomic mass is 15.1. The molecule has 9 rings (SSSR count). The van der Waals surface area contributed by atoms with E-state index in [1.807, 2.05) is 0 Å². The Morgan fingerprint density at radius 1 is 0.558 bits per heavy atom. The second-order valence-electron chi connectivity index (χ2n) is 15.3. The maximum atomic E-state index is 5.69. The SMILES string of the molecule is CN1C=CC(=C2C3=NC(CC3)C(c3cc[n+](C)cc3)=C3CCC(=N3)C(=C3C=CN(C)C=C3)C3CCC(N3)C(=C3C=CN(C)C=C3)C3=NC2CC3)C=C1. The molecule has 8 aliphatic heterocycles. The van der Waals surface area contributed by atoms with Gasteiger partial charge in [0.15, 0.2) is 12.4 Å². The van der Waals surface area contributed by atoms with Gasteiger partial charge in [-0.2, -0.15) is 0 Å². The molecule has 1 aromatic heterocycles. The monoisotopic (exact) mass is 689 g/mol. The zero-order chi connectivity index (χ0) is 35.3. The molecule has 0 saturated carbocycles. The summed E-state index contributed by atoms with van der Waals surface area (Å²) in [6.45, 7) is 0. The highest BCUT2D eigenvalue weighted by molar-refractivity contribution is 6.09. The fraction of sp³-hybridized carbons (Fsp3) is 0.364. The summed E-state index contributed by atoms with van der Waals surface area (Å²) in [6, 6.07) is 5.01. The molecule has 1 fully saturated rings. The van der Waals surface area contributed by atoms with Crippen molar-refractivity contribution in [3.8, 4) is 0 Å². The van der Waals surface area contributed by atoms with Gasteiger partial charge in [-0.1, -0.05) is 0 Å². The predicted molar refractivity (Wildman–Crippen MR) is 211 cm³/mol. The molecule has 4 unspecified atom stereocenters. The average molecular weight is 690 g/mol. The first-order chi connectivity index (χ1) is 25.4. The molecule has 0 spiro atoms. The summed E-state index contributed by atoms with van der Waals surface area (Å²) in [5, 5.41) is 4.19. The smallest absolute Gasteiger partial charge is 0.169 e. The fourth-order valence-corrected chi connectivity index (χ4v) is 9.07. The van der Waals surface area contributed by atoms with Crippen LogP contribution in [0.4, 0.5) is 0 Å². The van der Waals surface area contributed by atoms with Crippen molar-refractivity contribution < 1.29 is 4.57 Å². The number of fused-ring (bicyclic) bond motifs is 5. The first-order valence-electron chi connectivity index (χ1n) is 19.0. The fourth-order valence-electron chi connectivity index (χ4n) is 9.07. The number of allylic oxidation sites excluding steroid dienone is 10. The Kier molecular flexibility index (Phi) is 8.50. The zero-order valence-corrected chi connectivity index (χ0v) is 30.8. The minimum Gasteiger partial charge on any atom is -0.357 e. The van der Waals surface area contributed by atoms with E-state index in [0.29, 0.717) is 0 Å². The number of hydrogen-bond acceptors (Lipinski definition) is 7. The number of aryl methyl sites for hydroxylation is 1. The van der Waals surface area contributed by atoms with E-state index < -0.39 is 0 Å². The van der Waals surface area contributed by atoms with Crippen molar-refractivity contribution in [3.05, 3.63) is 143 Å². The number of aliphatic imine (C=N–C) groups is 3. The lowest BCUT2D eigenvalue weighted by Gasteiger charge is -2.25. The number of hydrogen-bond donors (Lipinski definition) is 1. The first-order valence-corrected chi connectivity index (χ1v) is 19.0. The number of pyridine rings is 1. The second kappa shape index (κ2) is 13.5. The predicted octanol–water partition coefficient (Wildman–Crippen LogP) is 6.61.